The monoisotopic (exact) mass is 327 g/mol. The molecule has 0 aliphatic carbocycles. The number of aromatic nitrogens is 3. The number of nitrogens with one attached hydrogen (secondary N) is 1. The summed E-state index contributed by atoms with van der Waals surface area (Å²) >= 11 is 0. The lowest BCUT2D eigenvalue weighted by atomic mass is 10.1. The second-order valence-electron chi connectivity index (χ2n) is 6.20. The molecule has 1 saturated heterocycles. The van der Waals surface area contributed by atoms with E-state index >= 15 is 0 Å². The normalized spacial score (nSPS) is 17.1. The van der Waals surface area contributed by atoms with Crippen LogP contribution in [0.2, 0.25) is 0 Å². The van der Waals surface area contributed by atoms with Crippen LogP contribution in [-0.4, -0.2) is 44.3 Å². The Labute approximate surface area is 140 Å². The van der Waals surface area contributed by atoms with Crippen molar-refractivity contribution in [1.29, 1.82) is 0 Å². The number of carbonyl (C=O) groups excluding carboxylic acids is 2. The van der Waals surface area contributed by atoms with E-state index in [1.807, 2.05) is 29.6 Å². The number of hydrogen-bond donors (Lipinski definition) is 1. The van der Waals surface area contributed by atoms with Gasteiger partial charge in [0.25, 0.3) is 5.91 Å². The van der Waals surface area contributed by atoms with Crippen molar-refractivity contribution >= 4 is 17.6 Å². The van der Waals surface area contributed by atoms with Gasteiger partial charge in [0, 0.05) is 50.9 Å². The number of likely N-dealkylation sites (tertiary alicyclic amines) is 1. The molecule has 0 bridgehead atoms. The van der Waals surface area contributed by atoms with E-state index < -0.39 is 0 Å². The van der Waals surface area contributed by atoms with Crippen LogP contribution in [0.3, 0.4) is 0 Å². The van der Waals surface area contributed by atoms with E-state index in [0.717, 1.165) is 17.9 Å². The van der Waals surface area contributed by atoms with Gasteiger partial charge in [0.1, 0.15) is 11.6 Å². The Morgan fingerprint density at radius 2 is 2.17 bits per heavy atom. The topological polar surface area (TPSA) is 80.1 Å². The van der Waals surface area contributed by atoms with Gasteiger partial charge in [0.2, 0.25) is 5.91 Å². The van der Waals surface area contributed by atoms with E-state index in [4.69, 9.17) is 0 Å². The highest BCUT2D eigenvalue weighted by Crippen LogP contribution is 2.27. The van der Waals surface area contributed by atoms with Gasteiger partial charge in [-0.05, 0) is 25.5 Å². The van der Waals surface area contributed by atoms with Crippen LogP contribution in [0.1, 0.15) is 41.1 Å². The van der Waals surface area contributed by atoms with Gasteiger partial charge in [-0.25, -0.2) is 9.97 Å². The quantitative estimate of drug-likeness (QED) is 0.931. The lowest BCUT2D eigenvalue weighted by Gasteiger charge is -2.17. The summed E-state index contributed by atoms with van der Waals surface area (Å²) in [7, 11) is 1.99. The molecule has 0 spiro atoms. The SMILES string of the molecule is CC(=O)Nc1cc(C(=O)N2CC[C@H](c3nc(C)cn3C)C2)ccn1. The van der Waals surface area contributed by atoms with Crippen LogP contribution in [-0.2, 0) is 11.8 Å². The van der Waals surface area contributed by atoms with Gasteiger partial charge in [0.05, 0.1) is 5.69 Å². The summed E-state index contributed by atoms with van der Waals surface area (Å²) in [5.41, 5.74) is 1.52. The molecule has 1 atom stereocenters. The average molecular weight is 327 g/mol. The van der Waals surface area contributed by atoms with E-state index in [2.05, 4.69) is 15.3 Å². The van der Waals surface area contributed by atoms with Crippen LogP contribution < -0.4 is 5.32 Å². The highest BCUT2D eigenvalue weighted by molar-refractivity contribution is 5.96. The minimum absolute atomic E-state index is 0.0440. The summed E-state index contributed by atoms with van der Waals surface area (Å²) < 4.78 is 2.04. The molecule has 1 fully saturated rings. The van der Waals surface area contributed by atoms with Gasteiger partial charge in [-0.3, -0.25) is 9.59 Å². The molecular formula is C17H21N5O2. The molecule has 24 heavy (non-hydrogen) atoms. The Bertz CT molecular complexity index is 783. The van der Waals surface area contributed by atoms with Crippen molar-refractivity contribution in [3.05, 3.63) is 41.6 Å². The van der Waals surface area contributed by atoms with Gasteiger partial charge in [-0.2, -0.15) is 0 Å². The molecular weight excluding hydrogens is 306 g/mol. The second kappa shape index (κ2) is 6.43. The van der Waals surface area contributed by atoms with Crippen LogP contribution >= 0.6 is 0 Å². The molecule has 1 aliphatic rings. The first kappa shape index (κ1) is 16.2. The maximum atomic E-state index is 12.7. The summed E-state index contributed by atoms with van der Waals surface area (Å²) in [4.78, 5) is 34.3. The van der Waals surface area contributed by atoms with Gasteiger partial charge in [0.15, 0.2) is 0 Å². The number of anilines is 1. The number of hydrogen-bond acceptors (Lipinski definition) is 4. The fraction of sp³-hybridized carbons (Fsp3) is 0.412. The molecule has 2 amide bonds. The first-order chi connectivity index (χ1) is 11.4. The average Bonchev–Trinajstić information content (AvgIpc) is 3.12. The van der Waals surface area contributed by atoms with Crippen LogP contribution in [0.4, 0.5) is 5.82 Å². The highest BCUT2D eigenvalue weighted by atomic mass is 16.2. The predicted octanol–water partition coefficient (Wildman–Crippen LogP) is 1.71. The van der Waals surface area contributed by atoms with Crippen LogP contribution in [0.5, 0.6) is 0 Å². The summed E-state index contributed by atoms with van der Waals surface area (Å²) in [6, 6.07) is 3.29. The highest BCUT2D eigenvalue weighted by Gasteiger charge is 2.30. The Balaban J connectivity index is 1.72. The van der Waals surface area contributed by atoms with Crippen molar-refractivity contribution in [3.63, 3.8) is 0 Å². The molecule has 0 aromatic carbocycles. The molecule has 7 nitrogen and oxygen atoms in total. The predicted molar refractivity (Wildman–Crippen MR) is 89.7 cm³/mol. The van der Waals surface area contributed by atoms with Crippen LogP contribution in [0.25, 0.3) is 0 Å². The number of carbonyl (C=O) groups is 2. The number of amides is 2. The Hall–Kier alpha value is -2.70. The van der Waals surface area contributed by atoms with Crippen molar-refractivity contribution < 1.29 is 9.59 Å². The molecule has 2 aromatic rings. The number of rotatable bonds is 3. The van der Waals surface area contributed by atoms with E-state index in [0.29, 0.717) is 24.5 Å². The summed E-state index contributed by atoms with van der Waals surface area (Å²) in [5.74, 6) is 1.42. The van der Waals surface area contributed by atoms with Crippen molar-refractivity contribution in [2.75, 3.05) is 18.4 Å². The molecule has 1 aliphatic heterocycles. The maximum Gasteiger partial charge on any atom is 0.254 e. The molecule has 7 heteroatoms. The Morgan fingerprint density at radius 1 is 1.38 bits per heavy atom. The number of pyridine rings is 1. The molecule has 126 valence electrons. The third kappa shape index (κ3) is 3.29. The minimum atomic E-state index is -0.210. The largest absolute Gasteiger partial charge is 0.338 e. The van der Waals surface area contributed by atoms with Gasteiger partial charge >= 0.3 is 0 Å². The van der Waals surface area contributed by atoms with E-state index in [1.165, 1.54) is 13.1 Å². The smallest absolute Gasteiger partial charge is 0.254 e. The Kier molecular flexibility index (Phi) is 4.33. The zero-order valence-electron chi connectivity index (χ0n) is 14.1. The lowest BCUT2D eigenvalue weighted by molar-refractivity contribution is -0.114. The third-order valence-corrected chi connectivity index (χ3v) is 4.18. The molecule has 1 N–H and O–H groups in total. The summed E-state index contributed by atoms with van der Waals surface area (Å²) in [6.45, 7) is 4.74. The molecule has 3 heterocycles. The third-order valence-electron chi connectivity index (χ3n) is 4.18. The van der Waals surface area contributed by atoms with E-state index in [1.54, 1.807) is 12.1 Å². The van der Waals surface area contributed by atoms with Crippen molar-refractivity contribution in [3.8, 4) is 0 Å². The summed E-state index contributed by atoms with van der Waals surface area (Å²) in [5, 5.41) is 2.60. The van der Waals surface area contributed by atoms with Crippen LogP contribution in [0.15, 0.2) is 24.5 Å². The lowest BCUT2D eigenvalue weighted by Crippen LogP contribution is -2.28. The fourth-order valence-corrected chi connectivity index (χ4v) is 3.16. The standard InChI is InChI=1S/C17H21N5O2/c1-11-9-21(3)16(19-11)14-5-7-22(10-14)17(24)13-4-6-18-15(8-13)20-12(2)23/h4,6,8-9,14H,5,7,10H2,1-3H3,(H,18,20,23)/t14-/m0/s1. The zero-order chi connectivity index (χ0) is 17.3. The van der Waals surface area contributed by atoms with Crippen molar-refractivity contribution in [2.24, 2.45) is 7.05 Å². The van der Waals surface area contributed by atoms with Crippen LogP contribution in [0, 0.1) is 6.92 Å². The first-order valence-electron chi connectivity index (χ1n) is 7.97. The molecule has 0 radical (unpaired) electrons. The van der Waals surface area contributed by atoms with Crippen molar-refractivity contribution in [1.82, 2.24) is 19.4 Å². The number of nitrogens with zero attached hydrogens (tertiary/aromatic N) is 4. The van der Waals surface area contributed by atoms with Gasteiger partial charge < -0.3 is 14.8 Å². The van der Waals surface area contributed by atoms with Gasteiger partial charge in [-0.1, -0.05) is 0 Å². The van der Waals surface area contributed by atoms with Gasteiger partial charge in [-0.15, -0.1) is 0 Å². The number of imidazole rings is 1. The first-order valence-corrected chi connectivity index (χ1v) is 7.97. The molecule has 3 rings (SSSR count). The van der Waals surface area contributed by atoms with E-state index in [9.17, 15) is 9.59 Å². The zero-order valence-corrected chi connectivity index (χ0v) is 14.1. The maximum absolute atomic E-state index is 12.7. The molecule has 0 saturated carbocycles. The summed E-state index contributed by atoms with van der Waals surface area (Å²) in [6.07, 6.45) is 4.44. The van der Waals surface area contributed by atoms with Crippen molar-refractivity contribution in [2.45, 2.75) is 26.2 Å². The van der Waals surface area contributed by atoms with E-state index in [-0.39, 0.29) is 17.7 Å². The Morgan fingerprint density at radius 3 is 2.83 bits per heavy atom. The molecule has 0 unspecified atom stereocenters. The minimum Gasteiger partial charge on any atom is -0.338 e. The molecule has 2 aromatic heterocycles. The number of aryl methyl sites for hydroxylation is 2. The second-order valence-corrected chi connectivity index (χ2v) is 6.20. The fourth-order valence-electron chi connectivity index (χ4n) is 3.16.